The number of ether oxygens (including phenoxy) is 1. The van der Waals surface area contributed by atoms with Gasteiger partial charge in [0.2, 0.25) is 0 Å². The highest BCUT2D eigenvalue weighted by molar-refractivity contribution is 9.11. The summed E-state index contributed by atoms with van der Waals surface area (Å²) in [6.45, 7) is 0. The molecule has 0 aliphatic rings. The van der Waals surface area contributed by atoms with Crippen LogP contribution in [0.2, 0.25) is 0 Å². The number of benzene rings is 2. The van der Waals surface area contributed by atoms with Crippen molar-refractivity contribution >= 4 is 31.9 Å². The van der Waals surface area contributed by atoms with E-state index < -0.39 is 34.9 Å². The smallest absolute Gasteiger partial charge is 0.416 e. The first kappa shape index (κ1) is 17.1. The van der Waals surface area contributed by atoms with E-state index in [1.54, 1.807) is 0 Å². The third-order valence-electron chi connectivity index (χ3n) is 2.49. The SMILES string of the molecule is Fc1cc(Br)c(Oc2c(F)cc(C(F)(F)F)cc2F)c(Br)c1. The molecular weight excluding hydrogens is 446 g/mol. The summed E-state index contributed by atoms with van der Waals surface area (Å²) >= 11 is 5.86. The normalized spacial score (nSPS) is 11.6. The van der Waals surface area contributed by atoms with Crippen LogP contribution in [-0.2, 0) is 6.18 Å². The molecule has 0 aliphatic heterocycles. The number of rotatable bonds is 2. The average molecular weight is 450 g/mol. The lowest BCUT2D eigenvalue weighted by molar-refractivity contribution is -0.138. The molecule has 0 aromatic heterocycles. The van der Waals surface area contributed by atoms with Gasteiger partial charge in [-0.1, -0.05) is 0 Å². The second-order valence-electron chi connectivity index (χ2n) is 4.07. The van der Waals surface area contributed by atoms with Crippen LogP contribution in [-0.4, -0.2) is 0 Å². The van der Waals surface area contributed by atoms with E-state index in [1.165, 1.54) is 0 Å². The lowest BCUT2D eigenvalue weighted by atomic mass is 10.2. The Balaban J connectivity index is 2.48. The van der Waals surface area contributed by atoms with Crippen molar-refractivity contribution in [1.29, 1.82) is 0 Å². The summed E-state index contributed by atoms with van der Waals surface area (Å²) in [5.74, 6) is -4.93. The van der Waals surface area contributed by atoms with Gasteiger partial charge in [-0.05, 0) is 56.1 Å². The van der Waals surface area contributed by atoms with Gasteiger partial charge >= 0.3 is 6.18 Å². The van der Waals surface area contributed by atoms with E-state index in [1.807, 2.05) is 0 Å². The Morgan fingerprint density at radius 1 is 0.773 bits per heavy atom. The average Bonchev–Trinajstić information content (AvgIpc) is 2.34. The molecule has 2 aromatic rings. The lowest BCUT2D eigenvalue weighted by Crippen LogP contribution is -2.07. The fourth-order valence-electron chi connectivity index (χ4n) is 1.55. The maximum atomic E-state index is 13.7. The number of hydrogen-bond donors (Lipinski definition) is 0. The third-order valence-corrected chi connectivity index (χ3v) is 3.67. The summed E-state index contributed by atoms with van der Waals surface area (Å²) in [7, 11) is 0. The summed E-state index contributed by atoms with van der Waals surface area (Å²) in [5.41, 5.74) is -1.48. The molecule has 0 heterocycles. The molecule has 0 radical (unpaired) electrons. The quantitative estimate of drug-likeness (QED) is 0.479. The molecule has 2 rings (SSSR count). The van der Waals surface area contributed by atoms with Gasteiger partial charge in [-0.25, -0.2) is 13.2 Å². The van der Waals surface area contributed by atoms with E-state index in [0.717, 1.165) is 12.1 Å². The van der Waals surface area contributed by atoms with Crippen molar-refractivity contribution in [3.8, 4) is 11.5 Å². The standard InChI is InChI=1S/C13H4Br2F6O/c14-7-3-6(16)4-8(15)11(7)22-12-9(17)1-5(2-10(12)18)13(19,20)21/h1-4H. The maximum Gasteiger partial charge on any atom is 0.416 e. The largest absolute Gasteiger partial charge is 0.449 e. The summed E-state index contributed by atoms with van der Waals surface area (Å²) in [4.78, 5) is 0. The molecular formula is C13H4Br2F6O. The maximum absolute atomic E-state index is 13.7. The number of hydrogen-bond acceptors (Lipinski definition) is 1. The monoisotopic (exact) mass is 448 g/mol. The Morgan fingerprint density at radius 2 is 1.23 bits per heavy atom. The molecule has 0 aliphatic carbocycles. The van der Waals surface area contributed by atoms with Crippen molar-refractivity contribution < 1.29 is 31.1 Å². The Morgan fingerprint density at radius 3 is 1.64 bits per heavy atom. The molecule has 0 atom stereocenters. The molecule has 0 bridgehead atoms. The Bertz CT molecular complexity index is 683. The van der Waals surface area contributed by atoms with Crippen LogP contribution in [0.25, 0.3) is 0 Å². The molecule has 0 saturated heterocycles. The van der Waals surface area contributed by atoms with Crippen molar-refractivity contribution in [3.05, 3.63) is 56.2 Å². The van der Waals surface area contributed by atoms with Gasteiger partial charge in [0, 0.05) is 0 Å². The van der Waals surface area contributed by atoms with Crippen LogP contribution in [0.4, 0.5) is 26.3 Å². The molecule has 0 amide bonds. The lowest BCUT2D eigenvalue weighted by Gasteiger charge is -2.13. The van der Waals surface area contributed by atoms with Crippen LogP contribution < -0.4 is 4.74 Å². The zero-order valence-corrected chi connectivity index (χ0v) is 13.4. The topological polar surface area (TPSA) is 9.23 Å². The predicted octanol–water partition coefficient (Wildman–Crippen LogP) is 6.44. The molecule has 0 spiro atoms. The molecule has 0 N–H and O–H groups in total. The fraction of sp³-hybridized carbons (Fsp3) is 0.0769. The van der Waals surface area contributed by atoms with Crippen molar-refractivity contribution in [2.24, 2.45) is 0 Å². The van der Waals surface area contributed by atoms with E-state index in [0.29, 0.717) is 0 Å². The molecule has 0 saturated carbocycles. The van der Waals surface area contributed by atoms with Crippen LogP contribution >= 0.6 is 31.9 Å². The van der Waals surface area contributed by atoms with Crippen molar-refractivity contribution in [1.82, 2.24) is 0 Å². The molecule has 9 heteroatoms. The molecule has 0 fully saturated rings. The highest BCUT2D eigenvalue weighted by Gasteiger charge is 2.33. The van der Waals surface area contributed by atoms with Gasteiger partial charge in [0.05, 0.1) is 14.5 Å². The van der Waals surface area contributed by atoms with Gasteiger partial charge < -0.3 is 4.74 Å². The first-order valence-corrected chi connectivity index (χ1v) is 7.07. The van der Waals surface area contributed by atoms with Crippen molar-refractivity contribution in [3.63, 3.8) is 0 Å². The summed E-state index contributed by atoms with van der Waals surface area (Å²) in [5, 5.41) is 0. The highest BCUT2D eigenvalue weighted by atomic mass is 79.9. The molecule has 0 unspecified atom stereocenters. The van der Waals surface area contributed by atoms with Gasteiger partial charge in [0.25, 0.3) is 0 Å². The second kappa shape index (κ2) is 6.11. The van der Waals surface area contributed by atoms with Crippen LogP contribution in [0.5, 0.6) is 11.5 Å². The van der Waals surface area contributed by atoms with Gasteiger partial charge in [-0.15, -0.1) is 0 Å². The third kappa shape index (κ3) is 3.57. The van der Waals surface area contributed by atoms with Gasteiger partial charge in [-0.3, -0.25) is 0 Å². The van der Waals surface area contributed by atoms with Gasteiger partial charge in [0.1, 0.15) is 5.82 Å². The van der Waals surface area contributed by atoms with Gasteiger partial charge in [0.15, 0.2) is 23.1 Å². The zero-order valence-electron chi connectivity index (χ0n) is 10.2. The van der Waals surface area contributed by atoms with Gasteiger partial charge in [-0.2, -0.15) is 13.2 Å². The van der Waals surface area contributed by atoms with E-state index in [9.17, 15) is 26.3 Å². The predicted molar refractivity (Wildman–Crippen MR) is 73.2 cm³/mol. The van der Waals surface area contributed by atoms with E-state index in [-0.39, 0.29) is 26.8 Å². The van der Waals surface area contributed by atoms with E-state index in [2.05, 4.69) is 31.9 Å². The van der Waals surface area contributed by atoms with Crippen LogP contribution in [0, 0.1) is 17.5 Å². The van der Waals surface area contributed by atoms with Crippen LogP contribution in [0.15, 0.2) is 33.2 Å². The zero-order chi connectivity index (χ0) is 16.7. The van der Waals surface area contributed by atoms with Crippen molar-refractivity contribution in [2.75, 3.05) is 0 Å². The summed E-state index contributed by atoms with van der Waals surface area (Å²) in [6.07, 6.45) is -4.89. The van der Waals surface area contributed by atoms with E-state index in [4.69, 9.17) is 4.74 Å². The summed E-state index contributed by atoms with van der Waals surface area (Å²) in [6, 6.07) is 2.17. The minimum absolute atomic E-state index is 0.0260. The van der Waals surface area contributed by atoms with Crippen LogP contribution in [0.3, 0.4) is 0 Å². The number of halogens is 8. The minimum Gasteiger partial charge on any atom is -0.449 e. The summed E-state index contributed by atoms with van der Waals surface area (Å²) < 4.78 is 82.8. The Kier molecular flexibility index (Phi) is 4.76. The molecule has 118 valence electrons. The van der Waals surface area contributed by atoms with Crippen molar-refractivity contribution in [2.45, 2.75) is 6.18 Å². The fourth-order valence-corrected chi connectivity index (χ4v) is 2.84. The first-order chi connectivity index (χ1) is 10.1. The molecule has 1 nitrogen and oxygen atoms in total. The second-order valence-corrected chi connectivity index (χ2v) is 5.78. The minimum atomic E-state index is -4.89. The number of alkyl halides is 3. The first-order valence-electron chi connectivity index (χ1n) is 5.48. The Labute approximate surface area is 137 Å². The molecule has 22 heavy (non-hydrogen) atoms. The van der Waals surface area contributed by atoms with E-state index >= 15 is 0 Å². The van der Waals surface area contributed by atoms with Crippen LogP contribution in [0.1, 0.15) is 5.56 Å². The Hall–Kier alpha value is -1.22. The molecule has 2 aromatic carbocycles. The highest BCUT2D eigenvalue weighted by Crippen LogP contribution is 2.40.